The van der Waals surface area contributed by atoms with Crippen LogP contribution in [-0.4, -0.2) is 41.5 Å². The Kier molecular flexibility index (Phi) is 11.1. The van der Waals surface area contributed by atoms with E-state index in [1.54, 1.807) is 32.8 Å². The molecule has 1 aliphatic rings. The lowest BCUT2D eigenvalue weighted by molar-refractivity contribution is -0.167. The number of nitrogens with zero attached hydrogens (tertiary/aromatic N) is 3. The van der Waals surface area contributed by atoms with Crippen molar-refractivity contribution in [3.05, 3.63) is 42.0 Å². The molecule has 0 aliphatic carbocycles. The summed E-state index contributed by atoms with van der Waals surface area (Å²) in [5.74, 6) is 2.20. The number of amides is 1. The predicted molar refractivity (Wildman–Crippen MR) is 147 cm³/mol. The first kappa shape index (κ1) is 31.1. The number of allylic oxidation sites excluding steroid dienone is 1. The molecule has 0 spiro atoms. The minimum atomic E-state index is -1.44. The van der Waals surface area contributed by atoms with Gasteiger partial charge in [-0.05, 0) is 51.5 Å². The normalized spacial score (nSPS) is 19.1. The Bertz CT molecular complexity index is 1000. The molecular weight excluding hydrogens is 484 g/mol. The van der Waals surface area contributed by atoms with E-state index < -0.39 is 40.9 Å². The van der Waals surface area contributed by atoms with E-state index in [4.69, 9.17) is 10.6 Å². The van der Waals surface area contributed by atoms with Gasteiger partial charge in [-0.15, -0.1) is 5.11 Å². The van der Waals surface area contributed by atoms with Gasteiger partial charge in [-0.25, -0.2) is 11.4 Å². The molecule has 0 fully saturated rings. The van der Waals surface area contributed by atoms with Crippen LogP contribution in [0.4, 0.5) is 0 Å². The van der Waals surface area contributed by atoms with Crippen LogP contribution in [0.15, 0.2) is 46.7 Å². The van der Waals surface area contributed by atoms with Crippen LogP contribution in [0.2, 0.25) is 0 Å². The van der Waals surface area contributed by atoms with Gasteiger partial charge in [0.25, 0.3) is 0 Å². The first-order chi connectivity index (χ1) is 17.9. The minimum Gasteiger partial charge on any atom is -0.460 e. The predicted octanol–water partition coefficient (Wildman–Crippen LogP) is 4.20. The molecule has 1 heterocycles. The number of Topliss-reactive ketones (excluding diaryl/α,β-unsaturated/α-hetero) is 1. The van der Waals surface area contributed by atoms with Crippen molar-refractivity contribution < 1.29 is 19.1 Å². The van der Waals surface area contributed by atoms with E-state index in [-0.39, 0.29) is 31.0 Å². The highest BCUT2D eigenvalue weighted by molar-refractivity contribution is 6.08. The Balaban J connectivity index is 2.66. The fraction of sp³-hybridized carbons (Fsp3) is 0.607. The Morgan fingerprint density at radius 3 is 2.37 bits per heavy atom. The van der Waals surface area contributed by atoms with Crippen molar-refractivity contribution in [2.45, 2.75) is 79.0 Å². The van der Waals surface area contributed by atoms with Crippen molar-refractivity contribution in [1.82, 2.24) is 16.0 Å². The first-order valence-electron chi connectivity index (χ1n) is 13.2. The molecule has 2 unspecified atom stereocenters. The smallest absolute Gasteiger partial charge is 0.310 e. The standard InChI is InChI=1S/C28H44N6O4/c1-8-17-28(18-19(2)3,26(37)30-29)23(35)22(24-31-32-33-34(24)7)21(25(36)38-27(4,5)6)16-12-15-20-13-10-9-11-14-20/h9-15,19,21-22,24H,8,16-18,29H2,1-7H3,(H,30,37)(H,31,33)/b15-12+/t21-,22-,24?,28?/m0/s1. The molecule has 10 heteroatoms. The number of ether oxygens (including phenoxy) is 1. The quantitative estimate of drug-likeness (QED) is 0.115. The SMILES string of the molecule is CCCC(CC(C)C)(C(=O)NN)C(=O)[C@@H](C1N=NNN1C)[C@H](C/C=C/c1ccccc1)C(=O)OC(C)(C)C. The third kappa shape index (κ3) is 7.94. The van der Waals surface area contributed by atoms with Gasteiger partial charge in [0.2, 0.25) is 5.91 Å². The van der Waals surface area contributed by atoms with Crippen LogP contribution in [0.25, 0.3) is 6.08 Å². The molecule has 1 aliphatic heterocycles. The van der Waals surface area contributed by atoms with Crippen LogP contribution in [0, 0.1) is 23.2 Å². The summed E-state index contributed by atoms with van der Waals surface area (Å²) in [5.41, 5.74) is 3.71. The fourth-order valence-corrected chi connectivity index (χ4v) is 5.04. The van der Waals surface area contributed by atoms with Gasteiger partial charge in [0, 0.05) is 7.05 Å². The van der Waals surface area contributed by atoms with Crippen LogP contribution in [0.1, 0.15) is 72.8 Å². The van der Waals surface area contributed by atoms with Gasteiger partial charge in [0.05, 0.1) is 11.8 Å². The minimum absolute atomic E-state index is 0.0162. The summed E-state index contributed by atoms with van der Waals surface area (Å²) < 4.78 is 5.81. The second-order valence-electron chi connectivity index (χ2n) is 11.3. The third-order valence-electron chi connectivity index (χ3n) is 6.51. The maximum absolute atomic E-state index is 14.7. The first-order valence-corrected chi connectivity index (χ1v) is 13.2. The second kappa shape index (κ2) is 13.6. The van der Waals surface area contributed by atoms with E-state index in [9.17, 15) is 14.4 Å². The molecule has 1 aromatic carbocycles. The highest BCUT2D eigenvalue weighted by atomic mass is 16.6. The average molecular weight is 529 g/mol. The average Bonchev–Trinajstić information content (AvgIpc) is 3.26. The van der Waals surface area contributed by atoms with E-state index >= 15 is 0 Å². The summed E-state index contributed by atoms with van der Waals surface area (Å²) in [5, 5.41) is 9.74. The largest absolute Gasteiger partial charge is 0.460 e. The molecule has 10 nitrogen and oxygen atoms in total. The number of carbonyl (C=O) groups excluding carboxylic acids is 3. The van der Waals surface area contributed by atoms with Crippen LogP contribution in [-0.2, 0) is 19.1 Å². The molecular formula is C28H44N6O4. The molecule has 1 amide bonds. The number of nitrogens with two attached hydrogens (primary N) is 1. The molecule has 1 aromatic rings. The van der Waals surface area contributed by atoms with E-state index in [2.05, 4.69) is 21.3 Å². The van der Waals surface area contributed by atoms with Crippen LogP contribution >= 0.6 is 0 Å². The lowest BCUT2D eigenvalue weighted by atomic mass is 9.65. The molecule has 38 heavy (non-hydrogen) atoms. The summed E-state index contributed by atoms with van der Waals surface area (Å²) in [6.07, 6.45) is 4.28. The van der Waals surface area contributed by atoms with Gasteiger partial charge >= 0.3 is 5.97 Å². The number of ketones is 1. The molecule has 2 rings (SSSR count). The van der Waals surface area contributed by atoms with Crippen LogP contribution in [0.5, 0.6) is 0 Å². The van der Waals surface area contributed by atoms with Crippen molar-refractivity contribution in [2.24, 2.45) is 39.3 Å². The monoisotopic (exact) mass is 528 g/mol. The van der Waals surface area contributed by atoms with Gasteiger partial charge in [0.1, 0.15) is 11.0 Å². The lowest BCUT2D eigenvalue weighted by Gasteiger charge is -2.39. The van der Waals surface area contributed by atoms with E-state index in [1.807, 2.05) is 63.3 Å². The van der Waals surface area contributed by atoms with Gasteiger partial charge in [0.15, 0.2) is 11.9 Å². The number of nitrogens with one attached hydrogen (secondary N) is 2. The molecule has 4 N–H and O–H groups in total. The third-order valence-corrected chi connectivity index (χ3v) is 6.51. The number of hydrogen-bond acceptors (Lipinski definition) is 9. The Morgan fingerprint density at radius 2 is 1.87 bits per heavy atom. The maximum Gasteiger partial charge on any atom is 0.310 e. The number of benzene rings is 1. The number of esters is 1. The van der Waals surface area contributed by atoms with E-state index in [0.29, 0.717) is 6.42 Å². The van der Waals surface area contributed by atoms with Crippen molar-refractivity contribution >= 4 is 23.7 Å². The number of hydrazine groups is 2. The number of hydrogen-bond donors (Lipinski definition) is 3. The number of rotatable bonds is 13. The Morgan fingerprint density at radius 1 is 1.21 bits per heavy atom. The highest BCUT2D eigenvalue weighted by Crippen LogP contribution is 2.41. The zero-order chi connectivity index (χ0) is 28.5. The Labute approximate surface area is 226 Å². The van der Waals surface area contributed by atoms with Crippen molar-refractivity contribution in [2.75, 3.05) is 7.05 Å². The maximum atomic E-state index is 14.7. The molecule has 0 saturated carbocycles. The second-order valence-corrected chi connectivity index (χ2v) is 11.3. The van der Waals surface area contributed by atoms with Crippen LogP contribution < -0.4 is 16.8 Å². The molecule has 0 bridgehead atoms. The Hall–Kier alpha value is -3.11. The zero-order valence-corrected chi connectivity index (χ0v) is 23.7. The van der Waals surface area contributed by atoms with Crippen molar-refractivity contribution in [1.29, 1.82) is 0 Å². The van der Waals surface area contributed by atoms with Crippen molar-refractivity contribution in [3.8, 4) is 0 Å². The molecule has 0 radical (unpaired) electrons. The molecule has 0 aromatic heterocycles. The zero-order valence-electron chi connectivity index (χ0n) is 23.7. The topological polar surface area (TPSA) is 138 Å². The van der Waals surface area contributed by atoms with E-state index in [0.717, 1.165) is 5.56 Å². The molecule has 0 saturated heterocycles. The highest BCUT2D eigenvalue weighted by Gasteiger charge is 2.54. The van der Waals surface area contributed by atoms with Crippen molar-refractivity contribution in [3.63, 3.8) is 0 Å². The van der Waals surface area contributed by atoms with Crippen LogP contribution in [0.3, 0.4) is 0 Å². The number of carbonyl (C=O) groups is 3. The van der Waals surface area contributed by atoms with Gasteiger partial charge in [-0.2, -0.15) is 5.01 Å². The summed E-state index contributed by atoms with van der Waals surface area (Å²) >= 11 is 0. The summed E-state index contributed by atoms with van der Waals surface area (Å²) in [4.78, 5) is 41.7. The summed E-state index contributed by atoms with van der Waals surface area (Å²) in [6.45, 7) is 11.2. The van der Waals surface area contributed by atoms with Gasteiger partial charge in [-0.3, -0.25) is 19.8 Å². The molecule has 210 valence electrons. The van der Waals surface area contributed by atoms with E-state index in [1.165, 1.54) is 0 Å². The fourth-order valence-electron chi connectivity index (χ4n) is 5.04. The van der Waals surface area contributed by atoms with Gasteiger partial charge in [-0.1, -0.05) is 74.9 Å². The lowest BCUT2D eigenvalue weighted by Crippen LogP contribution is -2.57. The van der Waals surface area contributed by atoms with Gasteiger partial charge < -0.3 is 4.74 Å². The summed E-state index contributed by atoms with van der Waals surface area (Å²) in [7, 11) is 1.70. The molecule has 4 atom stereocenters. The summed E-state index contributed by atoms with van der Waals surface area (Å²) in [6, 6.07) is 9.67.